The van der Waals surface area contributed by atoms with Crippen molar-refractivity contribution in [1.29, 1.82) is 0 Å². The largest absolute Gasteiger partial charge is 0.463 e. The number of thiazole rings is 1. The molecule has 1 aromatic carbocycles. The van der Waals surface area contributed by atoms with Crippen molar-refractivity contribution >= 4 is 35.0 Å². The van der Waals surface area contributed by atoms with E-state index in [-0.39, 0.29) is 12.2 Å². The molecule has 2 aromatic heterocycles. The Morgan fingerprint density at radius 2 is 1.83 bits per heavy atom. The van der Waals surface area contributed by atoms with E-state index in [0.717, 1.165) is 30.2 Å². The summed E-state index contributed by atoms with van der Waals surface area (Å²) in [6.07, 6.45) is 1.74. The molecule has 1 aliphatic rings. The predicted molar refractivity (Wildman–Crippen MR) is 143 cm³/mol. The van der Waals surface area contributed by atoms with Gasteiger partial charge in [-0.2, -0.15) is 0 Å². The van der Waals surface area contributed by atoms with Crippen LogP contribution < -0.4 is 24.7 Å². The lowest BCUT2D eigenvalue weighted by Gasteiger charge is -2.25. The van der Waals surface area contributed by atoms with Gasteiger partial charge in [0.15, 0.2) is 10.7 Å². The summed E-state index contributed by atoms with van der Waals surface area (Å²) < 4.78 is 13.4. The van der Waals surface area contributed by atoms with Crippen LogP contribution in [0.5, 0.6) is 0 Å². The van der Waals surface area contributed by atoms with Crippen molar-refractivity contribution in [2.24, 2.45) is 4.99 Å². The maximum atomic E-state index is 13.7. The number of carbonyl (C=O) groups is 1. The number of allylic oxidation sites excluding steroid dienone is 1. The summed E-state index contributed by atoms with van der Waals surface area (Å²) in [6.45, 7) is 9.58. The van der Waals surface area contributed by atoms with Crippen LogP contribution in [-0.2, 0) is 9.53 Å². The van der Waals surface area contributed by atoms with E-state index in [1.54, 1.807) is 24.5 Å². The topological polar surface area (TPSA) is 80.3 Å². The van der Waals surface area contributed by atoms with Crippen molar-refractivity contribution < 1.29 is 13.9 Å². The molecule has 0 unspecified atom stereocenters. The average Bonchev–Trinajstić information content (AvgIpc) is 3.43. The number of nitrogens with zero attached hydrogens (tertiary/aromatic N) is 4. The monoisotopic (exact) mass is 508 g/mol. The summed E-state index contributed by atoms with van der Waals surface area (Å²) in [5, 5.41) is 0. The number of hydrogen-bond acceptors (Lipinski definition) is 8. The molecule has 0 radical (unpaired) electrons. The first kappa shape index (κ1) is 25.5. The molecular formula is C27H32N4O4S. The number of carbonyl (C=O) groups excluding carboxylic acids is 1. The molecule has 1 aliphatic heterocycles. The van der Waals surface area contributed by atoms with Crippen molar-refractivity contribution in [2.75, 3.05) is 43.6 Å². The van der Waals surface area contributed by atoms with E-state index in [0.29, 0.717) is 26.4 Å². The van der Waals surface area contributed by atoms with Gasteiger partial charge in [-0.05, 0) is 51.5 Å². The number of hydrogen-bond donors (Lipinski definition) is 0. The van der Waals surface area contributed by atoms with Crippen molar-refractivity contribution in [3.05, 3.63) is 78.7 Å². The Morgan fingerprint density at radius 1 is 1.14 bits per heavy atom. The molecular weight excluding hydrogens is 476 g/mol. The van der Waals surface area contributed by atoms with Gasteiger partial charge in [-0.25, -0.2) is 9.79 Å². The summed E-state index contributed by atoms with van der Waals surface area (Å²) in [5.41, 5.74) is 2.52. The Hall–Kier alpha value is -3.59. The van der Waals surface area contributed by atoms with E-state index in [1.165, 1.54) is 11.3 Å². The fourth-order valence-corrected chi connectivity index (χ4v) is 5.34. The minimum atomic E-state index is -0.638. The maximum Gasteiger partial charge on any atom is 0.338 e. The van der Waals surface area contributed by atoms with Gasteiger partial charge in [0.05, 0.1) is 28.5 Å². The third-order valence-electron chi connectivity index (χ3n) is 6.20. The van der Waals surface area contributed by atoms with E-state index in [4.69, 9.17) is 9.15 Å². The summed E-state index contributed by atoms with van der Waals surface area (Å²) in [7, 11) is 3.93. The van der Waals surface area contributed by atoms with Gasteiger partial charge >= 0.3 is 5.97 Å². The zero-order valence-electron chi connectivity index (χ0n) is 21.6. The minimum Gasteiger partial charge on any atom is -0.463 e. The van der Waals surface area contributed by atoms with E-state index >= 15 is 0 Å². The highest BCUT2D eigenvalue weighted by Crippen LogP contribution is 2.31. The third-order valence-corrected chi connectivity index (χ3v) is 7.19. The summed E-state index contributed by atoms with van der Waals surface area (Å²) in [6, 6.07) is 11.0. The van der Waals surface area contributed by atoms with E-state index < -0.39 is 12.0 Å². The molecule has 0 aliphatic carbocycles. The molecule has 0 N–H and O–H groups in total. The molecule has 0 amide bonds. The van der Waals surface area contributed by atoms with Gasteiger partial charge < -0.3 is 19.0 Å². The predicted octanol–water partition coefficient (Wildman–Crippen LogP) is 3.30. The zero-order chi connectivity index (χ0) is 26.0. The Morgan fingerprint density at radius 3 is 2.44 bits per heavy atom. The van der Waals surface area contributed by atoms with Gasteiger partial charge in [0.2, 0.25) is 0 Å². The van der Waals surface area contributed by atoms with E-state index in [1.807, 2.05) is 55.4 Å². The second kappa shape index (κ2) is 10.6. The van der Waals surface area contributed by atoms with Gasteiger partial charge in [-0.3, -0.25) is 9.36 Å². The highest BCUT2D eigenvalue weighted by Gasteiger charge is 2.33. The van der Waals surface area contributed by atoms with Crippen LogP contribution in [0, 0.1) is 0 Å². The van der Waals surface area contributed by atoms with Crippen LogP contribution in [0.25, 0.3) is 6.08 Å². The lowest BCUT2D eigenvalue weighted by molar-refractivity contribution is -0.139. The molecule has 0 spiro atoms. The third kappa shape index (κ3) is 4.75. The molecule has 4 rings (SSSR count). The van der Waals surface area contributed by atoms with Crippen LogP contribution in [0.1, 0.15) is 45.1 Å². The van der Waals surface area contributed by atoms with Gasteiger partial charge in [0.25, 0.3) is 5.56 Å². The molecule has 1 atom stereocenters. The number of rotatable bonds is 8. The zero-order valence-corrected chi connectivity index (χ0v) is 22.4. The molecule has 190 valence electrons. The molecule has 9 heteroatoms. The van der Waals surface area contributed by atoms with Crippen molar-refractivity contribution in [3.8, 4) is 0 Å². The average molecular weight is 509 g/mol. The second-order valence-corrected chi connectivity index (χ2v) is 9.65. The Labute approximate surface area is 214 Å². The Bertz CT molecular complexity index is 1460. The molecule has 8 nitrogen and oxygen atoms in total. The number of esters is 1. The summed E-state index contributed by atoms with van der Waals surface area (Å²) in [4.78, 5) is 36.0. The number of aromatic nitrogens is 1. The highest BCUT2D eigenvalue weighted by molar-refractivity contribution is 7.07. The van der Waals surface area contributed by atoms with Crippen LogP contribution in [0.15, 0.2) is 61.9 Å². The normalized spacial score (nSPS) is 15.5. The van der Waals surface area contributed by atoms with Gasteiger partial charge in [-0.15, -0.1) is 0 Å². The number of benzene rings is 1. The van der Waals surface area contributed by atoms with Crippen molar-refractivity contribution in [1.82, 2.24) is 4.57 Å². The molecule has 3 heterocycles. The first-order chi connectivity index (χ1) is 17.3. The Kier molecular flexibility index (Phi) is 7.49. The smallest absolute Gasteiger partial charge is 0.338 e. The highest BCUT2D eigenvalue weighted by atomic mass is 32.1. The lowest BCUT2D eigenvalue weighted by atomic mass is 9.95. The summed E-state index contributed by atoms with van der Waals surface area (Å²) >= 11 is 1.28. The molecule has 0 saturated carbocycles. The van der Waals surface area contributed by atoms with Crippen LogP contribution in [-0.4, -0.2) is 44.3 Å². The van der Waals surface area contributed by atoms with Crippen molar-refractivity contribution in [2.45, 2.75) is 33.7 Å². The van der Waals surface area contributed by atoms with Crippen LogP contribution in [0.3, 0.4) is 0 Å². The number of ether oxygens (including phenoxy) is 1. The molecule has 0 saturated heterocycles. The van der Waals surface area contributed by atoms with Gasteiger partial charge in [0, 0.05) is 45.0 Å². The fourth-order valence-electron chi connectivity index (χ4n) is 4.32. The second-order valence-electron chi connectivity index (χ2n) is 8.64. The van der Waals surface area contributed by atoms with Gasteiger partial charge in [-0.1, -0.05) is 23.5 Å². The molecule has 36 heavy (non-hydrogen) atoms. The van der Waals surface area contributed by atoms with Gasteiger partial charge in [0.1, 0.15) is 5.76 Å². The molecule has 0 bridgehead atoms. The quantitative estimate of drug-likeness (QED) is 0.435. The van der Waals surface area contributed by atoms with Crippen LogP contribution in [0.2, 0.25) is 0 Å². The van der Waals surface area contributed by atoms with Crippen LogP contribution >= 0.6 is 11.3 Å². The Balaban J connectivity index is 1.87. The molecule has 3 aromatic rings. The lowest BCUT2D eigenvalue weighted by Crippen LogP contribution is -2.39. The van der Waals surface area contributed by atoms with E-state index in [9.17, 15) is 9.59 Å². The number of fused-ring (bicyclic) bond motifs is 1. The van der Waals surface area contributed by atoms with Crippen molar-refractivity contribution in [3.63, 3.8) is 0 Å². The number of furan rings is 1. The number of anilines is 2. The SMILES string of the molecule is CCOC(=O)C1=C(C)N=c2sc(=Cc3ccc(N(CC)CC)o3)c(=O)n2[C@H]1c1ccc(N(C)C)cc1. The van der Waals surface area contributed by atoms with Crippen LogP contribution in [0.4, 0.5) is 11.6 Å². The maximum absolute atomic E-state index is 13.7. The fraction of sp³-hybridized carbons (Fsp3) is 0.370. The minimum absolute atomic E-state index is 0.226. The van der Waals surface area contributed by atoms with E-state index in [2.05, 4.69) is 23.7 Å². The first-order valence-corrected chi connectivity index (χ1v) is 12.9. The standard InChI is InChI=1S/C27H32N4O4S/c1-7-30(8-2)22-15-14-20(35-22)16-21-25(32)31-24(18-10-12-19(13-11-18)29(5)6)23(26(33)34-9-3)17(4)28-27(31)36-21/h10-16,24H,7-9H2,1-6H3/t24-/m0/s1. The first-order valence-electron chi connectivity index (χ1n) is 12.1. The molecule has 0 fully saturated rings. The summed E-state index contributed by atoms with van der Waals surface area (Å²) in [5.74, 6) is 0.887.